The predicted molar refractivity (Wildman–Crippen MR) is 60.3 cm³/mol. The Balaban J connectivity index is 2.02. The lowest BCUT2D eigenvalue weighted by atomic mass is 10.2. The molecule has 2 nitrogen and oxygen atoms in total. The minimum absolute atomic E-state index is 0.773. The maximum absolute atomic E-state index is 6.01. The van der Waals surface area contributed by atoms with Crippen molar-refractivity contribution in [3.8, 4) is 0 Å². The van der Waals surface area contributed by atoms with Crippen LogP contribution < -0.4 is 10.2 Å². The van der Waals surface area contributed by atoms with Gasteiger partial charge in [0.2, 0.25) is 0 Å². The summed E-state index contributed by atoms with van der Waals surface area (Å²) in [5.74, 6) is 0. The monoisotopic (exact) mass is 208 g/mol. The van der Waals surface area contributed by atoms with Crippen LogP contribution in [0.3, 0.4) is 0 Å². The van der Waals surface area contributed by atoms with Gasteiger partial charge in [0.15, 0.2) is 0 Å². The Labute approximate surface area is 88.9 Å². The summed E-state index contributed by atoms with van der Waals surface area (Å²) in [6.45, 7) is 2.16. The Morgan fingerprint density at radius 1 is 1.36 bits per heavy atom. The fraction of sp³-hybridized carbons (Fsp3) is 0.455. The van der Waals surface area contributed by atoms with E-state index >= 15 is 0 Å². The molecule has 0 saturated heterocycles. The van der Waals surface area contributed by atoms with Gasteiger partial charge >= 0.3 is 0 Å². The molecule has 1 heterocycles. The van der Waals surface area contributed by atoms with Gasteiger partial charge in [-0.3, -0.25) is 0 Å². The second-order valence-corrected chi connectivity index (χ2v) is 4.45. The standard InChI is InChI=1S/C11H13ClN2/c12-8-1-4-10-11(7-8)14(6-5-13-10)9-2-3-9/h1,4,7,9,13H,2-3,5-6H2. The minimum atomic E-state index is 0.773. The van der Waals surface area contributed by atoms with Crippen LogP contribution >= 0.6 is 11.6 Å². The van der Waals surface area contributed by atoms with E-state index in [0.29, 0.717) is 0 Å². The van der Waals surface area contributed by atoms with Crippen molar-refractivity contribution in [2.24, 2.45) is 0 Å². The molecule has 1 saturated carbocycles. The third kappa shape index (κ3) is 1.34. The van der Waals surface area contributed by atoms with Gasteiger partial charge < -0.3 is 10.2 Å². The smallest absolute Gasteiger partial charge is 0.0620 e. The molecule has 0 amide bonds. The summed E-state index contributed by atoms with van der Waals surface area (Å²) < 4.78 is 0. The van der Waals surface area contributed by atoms with Crippen molar-refractivity contribution in [3.05, 3.63) is 23.2 Å². The molecule has 0 spiro atoms. The zero-order chi connectivity index (χ0) is 9.54. The van der Waals surface area contributed by atoms with E-state index in [1.165, 1.54) is 24.2 Å². The molecule has 3 heteroatoms. The number of halogens is 1. The average molecular weight is 209 g/mol. The average Bonchev–Trinajstić information content (AvgIpc) is 3.00. The molecule has 3 rings (SSSR count). The zero-order valence-electron chi connectivity index (χ0n) is 7.96. The van der Waals surface area contributed by atoms with Crippen molar-refractivity contribution in [1.29, 1.82) is 0 Å². The van der Waals surface area contributed by atoms with E-state index < -0.39 is 0 Å². The molecular formula is C11H13ClN2. The number of fused-ring (bicyclic) bond motifs is 1. The van der Waals surface area contributed by atoms with E-state index in [9.17, 15) is 0 Å². The highest BCUT2D eigenvalue weighted by Gasteiger charge is 2.31. The highest BCUT2D eigenvalue weighted by atomic mass is 35.5. The molecule has 1 aromatic rings. The van der Waals surface area contributed by atoms with Crippen LogP contribution in [-0.4, -0.2) is 19.1 Å². The van der Waals surface area contributed by atoms with Crippen molar-refractivity contribution in [2.75, 3.05) is 23.3 Å². The molecular weight excluding hydrogens is 196 g/mol. The number of anilines is 2. The number of rotatable bonds is 1. The lowest BCUT2D eigenvalue weighted by Crippen LogP contribution is -2.35. The summed E-state index contributed by atoms with van der Waals surface area (Å²) in [4.78, 5) is 2.48. The third-order valence-electron chi connectivity index (χ3n) is 2.93. The highest BCUT2D eigenvalue weighted by molar-refractivity contribution is 6.31. The van der Waals surface area contributed by atoms with Crippen LogP contribution in [0.4, 0.5) is 11.4 Å². The second kappa shape index (κ2) is 3.06. The molecule has 1 aliphatic heterocycles. The van der Waals surface area contributed by atoms with Gasteiger partial charge in [-0.2, -0.15) is 0 Å². The Morgan fingerprint density at radius 2 is 2.21 bits per heavy atom. The van der Waals surface area contributed by atoms with Crippen molar-refractivity contribution in [1.82, 2.24) is 0 Å². The lowest BCUT2D eigenvalue weighted by molar-refractivity contribution is 0.782. The minimum Gasteiger partial charge on any atom is -0.382 e. The van der Waals surface area contributed by atoms with Gasteiger partial charge in [0.05, 0.1) is 11.4 Å². The molecule has 0 atom stereocenters. The maximum atomic E-state index is 6.01. The fourth-order valence-electron chi connectivity index (χ4n) is 2.09. The van der Waals surface area contributed by atoms with E-state index in [1.54, 1.807) is 0 Å². The molecule has 74 valence electrons. The van der Waals surface area contributed by atoms with Crippen LogP contribution in [0.25, 0.3) is 0 Å². The summed E-state index contributed by atoms with van der Waals surface area (Å²) in [6, 6.07) is 6.87. The van der Waals surface area contributed by atoms with Gasteiger partial charge in [-0.1, -0.05) is 11.6 Å². The Bertz CT molecular complexity index is 360. The number of nitrogens with zero attached hydrogens (tertiary/aromatic N) is 1. The summed E-state index contributed by atoms with van der Waals surface area (Å²) in [5, 5.41) is 4.23. The first-order chi connectivity index (χ1) is 6.84. The van der Waals surface area contributed by atoms with Gasteiger partial charge in [-0.15, -0.1) is 0 Å². The van der Waals surface area contributed by atoms with Gasteiger partial charge in [0.25, 0.3) is 0 Å². The van der Waals surface area contributed by atoms with Crippen LogP contribution in [0.1, 0.15) is 12.8 Å². The first kappa shape index (κ1) is 8.42. The van der Waals surface area contributed by atoms with E-state index in [1.807, 2.05) is 6.07 Å². The highest BCUT2D eigenvalue weighted by Crippen LogP contribution is 2.38. The number of hydrogen-bond donors (Lipinski definition) is 1. The summed E-state index contributed by atoms with van der Waals surface area (Å²) in [7, 11) is 0. The Morgan fingerprint density at radius 3 is 3.00 bits per heavy atom. The van der Waals surface area contributed by atoms with E-state index in [0.717, 1.165) is 24.2 Å². The predicted octanol–water partition coefficient (Wildman–Crippen LogP) is 2.73. The SMILES string of the molecule is Clc1ccc2c(c1)N(C1CC1)CCN2. The molecule has 1 aliphatic carbocycles. The molecule has 0 radical (unpaired) electrons. The third-order valence-corrected chi connectivity index (χ3v) is 3.16. The van der Waals surface area contributed by atoms with E-state index in [2.05, 4.69) is 22.3 Å². The van der Waals surface area contributed by atoms with Gasteiger partial charge in [-0.05, 0) is 31.0 Å². The van der Waals surface area contributed by atoms with Crippen LogP contribution in [0.15, 0.2) is 18.2 Å². The van der Waals surface area contributed by atoms with Crippen LogP contribution in [0, 0.1) is 0 Å². The first-order valence-electron chi connectivity index (χ1n) is 5.15. The molecule has 2 aliphatic rings. The molecule has 0 aromatic heterocycles. The summed E-state index contributed by atoms with van der Waals surface area (Å²) in [5.41, 5.74) is 2.51. The van der Waals surface area contributed by atoms with Crippen LogP contribution in [0.5, 0.6) is 0 Å². The molecule has 0 bridgehead atoms. The molecule has 1 aromatic carbocycles. The number of nitrogens with one attached hydrogen (secondary N) is 1. The normalized spacial score (nSPS) is 20.2. The zero-order valence-corrected chi connectivity index (χ0v) is 8.72. The van der Waals surface area contributed by atoms with Gasteiger partial charge in [0, 0.05) is 24.2 Å². The fourth-order valence-corrected chi connectivity index (χ4v) is 2.26. The van der Waals surface area contributed by atoms with Crippen LogP contribution in [0.2, 0.25) is 5.02 Å². The second-order valence-electron chi connectivity index (χ2n) is 4.01. The van der Waals surface area contributed by atoms with Crippen molar-refractivity contribution in [3.63, 3.8) is 0 Å². The first-order valence-corrected chi connectivity index (χ1v) is 5.52. The lowest BCUT2D eigenvalue weighted by Gasteiger charge is -2.32. The number of benzene rings is 1. The molecule has 0 unspecified atom stereocenters. The van der Waals surface area contributed by atoms with E-state index in [-0.39, 0.29) is 0 Å². The van der Waals surface area contributed by atoms with Crippen molar-refractivity contribution >= 4 is 23.0 Å². The Kier molecular flexibility index (Phi) is 1.84. The van der Waals surface area contributed by atoms with Crippen LogP contribution in [-0.2, 0) is 0 Å². The number of hydrogen-bond acceptors (Lipinski definition) is 2. The van der Waals surface area contributed by atoms with Crippen molar-refractivity contribution in [2.45, 2.75) is 18.9 Å². The van der Waals surface area contributed by atoms with E-state index in [4.69, 9.17) is 11.6 Å². The molecule has 14 heavy (non-hydrogen) atoms. The van der Waals surface area contributed by atoms with Gasteiger partial charge in [0.1, 0.15) is 0 Å². The summed E-state index contributed by atoms with van der Waals surface area (Å²) >= 11 is 6.01. The van der Waals surface area contributed by atoms with Crippen molar-refractivity contribution < 1.29 is 0 Å². The molecule has 1 N–H and O–H groups in total. The summed E-state index contributed by atoms with van der Waals surface area (Å²) in [6.07, 6.45) is 2.68. The van der Waals surface area contributed by atoms with Gasteiger partial charge in [-0.25, -0.2) is 0 Å². The molecule has 1 fully saturated rings. The Hall–Kier alpha value is -0.890. The topological polar surface area (TPSA) is 15.3 Å². The largest absolute Gasteiger partial charge is 0.382 e. The maximum Gasteiger partial charge on any atom is 0.0620 e. The quantitative estimate of drug-likeness (QED) is 0.764.